The minimum absolute atomic E-state index is 0.219. The Balaban J connectivity index is 2.01. The lowest BCUT2D eigenvalue weighted by Crippen LogP contribution is -2.52. The normalized spacial score (nSPS) is 18.6. The van der Waals surface area contributed by atoms with Gasteiger partial charge in [-0.2, -0.15) is 13.2 Å². The van der Waals surface area contributed by atoms with Gasteiger partial charge in [-0.3, -0.25) is 0 Å². The van der Waals surface area contributed by atoms with Crippen molar-refractivity contribution in [2.75, 3.05) is 11.9 Å². The number of rotatable bonds is 3. The lowest BCUT2D eigenvalue weighted by Gasteiger charge is -2.38. The molecule has 1 aromatic rings. The maximum absolute atomic E-state index is 12.4. The van der Waals surface area contributed by atoms with Gasteiger partial charge in [0, 0.05) is 12.1 Å². The van der Waals surface area contributed by atoms with Crippen LogP contribution in [-0.2, 0) is 6.18 Å². The maximum Gasteiger partial charge on any atom is 0.433 e. The molecule has 0 bridgehead atoms. The Hall–Kier alpha value is -1.30. The van der Waals surface area contributed by atoms with Gasteiger partial charge < -0.3 is 11.1 Å². The summed E-state index contributed by atoms with van der Waals surface area (Å²) in [5.74, 6) is 0.219. The third-order valence-corrected chi connectivity index (χ3v) is 3.01. The molecule has 1 aliphatic rings. The second-order valence-electron chi connectivity index (χ2n) is 4.48. The number of aromatic nitrogens is 1. The first kappa shape index (κ1) is 12.2. The summed E-state index contributed by atoms with van der Waals surface area (Å²) in [6, 6.07) is 3.80. The molecule has 1 heterocycles. The third kappa shape index (κ3) is 2.88. The van der Waals surface area contributed by atoms with Crippen molar-refractivity contribution in [3.8, 4) is 0 Å². The molecule has 2 rings (SSSR count). The smallest absolute Gasteiger partial charge is 0.368 e. The van der Waals surface area contributed by atoms with Gasteiger partial charge in [0.15, 0.2) is 0 Å². The van der Waals surface area contributed by atoms with Crippen LogP contribution in [0.4, 0.5) is 19.0 Å². The summed E-state index contributed by atoms with van der Waals surface area (Å²) < 4.78 is 37.2. The van der Waals surface area contributed by atoms with E-state index < -0.39 is 11.9 Å². The quantitative estimate of drug-likeness (QED) is 0.859. The number of hydrogen-bond acceptors (Lipinski definition) is 3. The molecule has 1 aliphatic carbocycles. The number of nitrogens with zero attached hydrogens (tertiary/aromatic N) is 1. The molecule has 0 atom stereocenters. The van der Waals surface area contributed by atoms with Crippen molar-refractivity contribution in [2.24, 2.45) is 5.73 Å². The molecule has 0 spiro atoms. The van der Waals surface area contributed by atoms with Crippen LogP contribution in [0.2, 0.25) is 0 Å². The number of alkyl halides is 3. The molecule has 0 radical (unpaired) electrons. The van der Waals surface area contributed by atoms with Gasteiger partial charge in [-0.15, -0.1) is 0 Å². The molecule has 1 saturated carbocycles. The van der Waals surface area contributed by atoms with Crippen LogP contribution in [0.25, 0.3) is 0 Å². The Labute approximate surface area is 97.2 Å². The number of nitrogens with one attached hydrogen (secondary N) is 1. The highest BCUT2D eigenvalue weighted by molar-refractivity contribution is 5.36. The van der Waals surface area contributed by atoms with Gasteiger partial charge in [0.1, 0.15) is 11.5 Å². The molecular weight excluding hydrogens is 231 g/mol. The van der Waals surface area contributed by atoms with Gasteiger partial charge >= 0.3 is 6.18 Å². The summed E-state index contributed by atoms with van der Waals surface area (Å²) >= 11 is 0. The molecular formula is C11H14F3N3. The molecule has 3 N–H and O–H groups in total. The first-order valence-corrected chi connectivity index (χ1v) is 5.46. The van der Waals surface area contributed by atoms with E-state index in [4.69, 9.17) is 5.73 Å². The monoisotopic (exact) mass is 245 g/mol. The Morgan fingerprint density at radius 2 is 2.06 bits per heavy atom. The van der Waals surface area contributed by atoms with Crippen LogP contribution in [0, 0.1) is 0 Å². The second kappa shape index (κ2) is 4.18. The standard InChI is InChI=1S/C11H14F3N3/c12-11(13,14)8-3-1-4-9(17-8)16-7-10(15)5-2-6-10/h1,3-4H,2,5-7,15H2,(H,16,17). The number of halogens is 3. The Morgan fingerprint density at radius 3 is 2.59 bits per heavy atom. The number of pyridine rings is 1. The van der Waals surface area contributed by atoms with Crippen LogP contribution in [0.15, 0.2) is 18.2 Å². The first-order chi connectivity index (χ1) is 7.89. The molecule has 0 unspecified atom stereocenters. The van der Waals surface area contributed by atoms with Gasteiger partial charge in [0.2, 0.25) is 0 Å². The Kier molecular flexibility index (Phi) is 2.99. The van der Waals surface area contributed by atoms with Crippen molar-refractivity contribution in [3.05, 3.63) is 23.9 Å². The predicted octanol–water partition coefficient (Wildman–Crippen LogP) is 2.39. The zero-order chi connectivity index (χ0) is 12.5. The van der Waals surface area contributed by atoms with E-state index in [1.807, 2.05) is 0 Å². The summed E-state index contributed by atoms with van der Waals surface area (Å²) in [7, 11) is 0. The van der Waals surface area contributed by atoms with E-state index >= 15 is 0 Å². The molecule has 1 fully saturated rings. The highest BCUT2D eigenvalue weighted by Gasteiger charge is 2.34. The zero-order valence-corrected chi connectivity index (χ0v) is 9.22. The highest BCUT2D eigenvalue weighted by Crippen LogP contribution is 2.30. The van der Waals surface area contributed by atoms with Gasteiger partial charge in [0.05, 0.1) is 0 Å². The van der Waals surface area contributed by atoms with Crippen molar-refractivity contribution in [3.63, 3.8) is 0 Å². The summed E-state index contributed by atoms with van der Waals surface area (Å²) in [6.45, 7) is 0.460. The average molecular weight is 245 g/mol. The number of nitrogens with two attached hydrogens (primary N) is 1. The molecule has 3 nitrogen and oxygen atoms in total. The molecule has 0 amide bonds. The minimum atomic E-state index is -4.41. The maximum atomic E-state index is 12.4. The van der Waals surface area contributed by atoms with Crippen molar-refractivity contribution in [1.82, 2.24) is 4.98 Å². The van der Waals surface area contributed by atoms with E-state index in [2.05, 4.69) is 10.3 Å². The molecule has 0 aromatic carbocycles. The second-order valence-corrected chi connectivity index (χ2v) is 4.48. The van der Waals surface area contributed by atoms with Crippen molar-refractivity contribution >= 4 is 5.82 Å². The molecule has 0 aliphatic heterocycles. The lowest BCUT2D eigenvalue weighted by molar-refractivity contribution is -0.141. The Morgan fingerprint density at radius 1 is 1.35 bits per heavy atom. The molecule has 6 heteroatoms. The summed E-state index contributed by atoms with van der Waals surface area (Å²) in [4.78, 5) is 3.51. The average Bonchev–Trinajstić information content (AvgIpc) is 2.23. The van der Waals surface area contributed by atoms with E-state index in [0.29, 0.717) is 6.54 Å². The highest BCUT2D eigenvalue weighted by atomic mass is 19.4. The Bertz CT molecular complexity index is 399. The fourth-order valence-corrected chi connectivity index (χ4v) is 1.77. The van der Waals surface area contributed by atoms with Crippen molar-refractivity contribution in [1.29, 1.82) is 0 Å². The van der Waals surface area contributed by atoms with Crippen LogP contribution >= 0.6 is 0 Å². The lowest BCUT2D eigenvalue weighted by atomic mass is 9.78. The summed E-state index contributed by atoms with van der Waals surface area (Å²) in [6.07, 6.45) is -1.53. The van der Waals surface area contributed by atoms with Crippen molar-refractivity contribution < 1.29 is 13.2 Å². The molecule has 94 valence electrons. The van der Waals surface area contributed by atoms with E-state index in [1.165, 1.54) is 12.1 Å². The predicted molar refractivity (Wildman–Crippen MR) is 58.5 cm³/mol. The first-order valence-electron chi connectivity index (χ1n) is 5.46. The van der Waals surface area contributed by atoms with E-state index in [1.54, 1.807) is 0 Å². The zero-order valence-electron chi connectivity index (χ0n) is 9.22. The van der Waals surface area contributed by atoms with Gasteiger partial charge in [-0.05, 0) is 31.4 Å². The largest absolute Gasteiger partial charge is 0.433 e. The SMILES string of the molecule is NC1(CNc2cccc(C(F)(F)F)n2)CCC1. The fourth-order valence-electron chi connectivity index (χ4n) is 1.77. The molecule has 17 heavy (non-hydrogen) atoms. The van der Waals surface area contributed by atoms with Crippen LogP contribution in [0.1, 0.15) is 25.0 Å². The third-order valence-electron chi connectivity index (χ3n) is 3.01. The van der Waals surface area contributed by atoms with Gasteiger partial charge in [0.25, 0.3) is 0 Å². The fraction of sp³-hybridized carbons (Fsp3) is 0.545. The van der Waals surface area contributed by atoms with Crippen LogP contribution in [-0.4, -0.2) is 17.1 Å². The number of hydrogen-bond donors (Lipinski definition) is 2. The summed E-state index contributed by atoms with van der Waals surface area (Å²) in [5.41, 5.74) is 4.79. The van der Waals surface area contributed by atoms with Gasteiger partial charge in [-0.25, -0.2) is 4.98 Å². The minimum Gasteiger partial charge on any atom is -0.368 e. The van der Waals surface area contributed by atoms with Gasteiger partial charge in [-0.1, -0.05) is 6.07 Å². The molecule has 0 saturated heterocycles. The van der Waals surface area contributed by atoms with Crippen LogP contribution in [0.3, 0.4) is 0 Å². The van der Waals surface area contributed by atoms with E-state index in [-0.39, 0.29) is 11.4 Å². The van der Waals surface area contributed by atoms with E-state index in [0.717, 1.165) is 25.3 Å². The topological polar surface area (TPSA) is 50.9 Å². The van der Waals surface area contributed by atoms with Crippen LogP contribution in [0.5, 0.6) is 0 Å². The summed E-state index contributed by atoms with van der Waals surface area (Å²) in [5, 5.41) is 2.86. The van der Waals surface area contributed by atoms with Crippen LogP contribution < -0.4 is 11.1 Å². The molecule has 1 aromatic heterocycles. The van der Waals surface area contributed by atoms with Crippen molar-refractivity contribution in [2.45, 2.75) is 31.0 Å². The number of anilines is 1. The van der Waals surface area contributed by atoms with E-state index in [9.17, 15) is 13.2 Å².